The van der Waals surface area contributed by atoms with E-state index in [1.54, 1.807) is 6.92 Å². The summed E-state index contributed by atoms with van der Waals surface area (Å²) in [7, 11) is 1.86. The van der Waals surface area contributed by atoms with Crippen LogP contribution in [0.4, 0.5) is 0 Å². The number of ketones is 1. The number of hydrogen-bond donors (Lipinski definition) is 0. The summed E-state index contributed by atoms with van der Waals surface area (Å²) >= 11 is 0. The van der Waals surface area contributed by atoms with E-state index in [2.05, 4.69) is 24.0 Å². The maximum Gasteiger partial charge on any atom is 0.159 e. The van der Waals surface area contributed by atoms with Crippen molar-refractivity contribution in [1.82, 2.24) is 4.90 Å². The minimum Gasteiger partial charge on any atom is -0.373 e. The van der Waals surface area contributed by atoms with Crippen molar-refractivity contribution in [2.75, 3.05) is 26.7 Å². The second-order valence-electron chi connectivity index (χ2n) is 7.22. The first-order valence-electron chi connectivity index (χ1n) is 9.00. The third kappa shape index (κ3) is 2.85. The Balaban J connectivity index is 2.00. The van der Waals surface area contributed by atoms with Crippen LogP contribution in [-0.4, -0.2) is 37.4 Å². The molecule has 3 rings (SSSR count). The zero-order valence-corrected chi connectivity index (χ0v) is 14.7. The summed E-state index contributed by atoms with van der Waals surface area (Å²) in [5.41, 5.74) is 1.79. The number of Topliss-reactive ketones (excluding diaryl/α,β-unsaturated/α-hetero) is 1. The maximum atomic E-state index is 11.8. The van der Waals surface area contributed by atoms with E-state index in [1.165, 1.54) is 37.8 Å². The topological polar surface area (TPSA) is 29.5 Å². The molecule has 126 valence electrons. The van der Waals surface area contributed by atoms with Crippen LogP contribution in [0.5, 0.6) is 0 Å². The van der Waals surface area contributed by atoms with Gasteiger partial charge in [-0.3, -0.25) is 4.79 Å². The molecule has 1 aliphatic heterocycles. The summed E-state index contributed by atoms with van der Waals surface area (Å²) < 4.78 is 6.26. The van der Waals surface area contributed by atoms with Crippen LogP contribution in [0.25, 0.3) is 0 Å². The van der Waals surface area contributed by atoms with Gasteiger partial charge in [0.2, 0.25) is 0 Å². The fourth-order valence-electron chi connectivity index (χ4n) is 4.93. The van der Waals surface area contributed by atoms with E-state index in [0.29, 0.717) is 11.8 Å². The van der Waals surface area contributed by atoms with Gasteiger partial charge in [0.05, 0.1) is 0 Å². The smallest absolute Gasteiger partial charge is 0.159 e. The molecule has 0 spiro atoms. The van der Waals surface area contributed by atoms with E-state index in [-0.39, 0.29) is 11.4 Å². The minimum absolute atomic E-state index is 0.131. The number of carbonyl (C=O) groups is 1. The molecule has 0 radical (unpaired) electrons. The van der Waals surface area contributed by atoms with Gasteiger partial charge in [-0.1, -0.05) is 31.5 Å². The van der Waals surface area contributed by atoms with Crippen LogP contribution in [0.1, 0.15) is 55.5 Å². The van der Waals surface area contributed by atoms with Crippen molar-refractivity contribution in [2.24, 2.45) is 11.8 Å². The molecule has 1 aromatic rings. The zero-order valence-electron chi connectivity index (χ0n) is 14.7. The van der Waals surface area contributed by atoms with Crippen LogP contribution >= 0.6 is 0 Å². The van der Waals surface area contributed by atoms with Crippen molar-refractivity contribution in [3.63, 3.8) is 0 Å². The van der Waals surface area contributed by atoms with Crippen LogP contribution in [0.15, 0.2) is 24.3 Å². The van der Waals surface area contributed by atoms with Crippen molar-refractivity contribution < 1.29 is 9.53 Å². The molecule has 1 aliphatic carbocycles. The molecule has 1 heterocycles. The molecule has 3 heteroatoms. The van der Waals surface area contributed by atoms with Crippen LogP contribution < -0.4 is 0 Å². The summed E-state index contributed by atoms with van der Waals surface area (Å²) in [5.74, 6) is 1.18. The highest BCUT2D eigenvalue weighted by Gasteiger charge is 2.52. The molecule has 0 amide bonds. The average molecular weight is 315 g/mol. The molecule has 1 saturated heterocycles. The fraction of sp³-hybridized carbons (Fsp3) is 0.650. The van der Waals surface area contributed by atoms with Gasteiger partial charge >= 0.3 is 0 Å². The first-order chi connectivity index (χ1) is 11.1. The van der Waals surface area contributed by atoms with Crippen LogP contribution in [0.3, 0.4) is 0 Å². The molecule has 2 atom stereocenters. The number of likely N-dealkylation sites (tertiary alicyclic amines) is 1. The average Bonchev–Trinajstić information content (AvgIpc) is 2.54. The van der Waals surface area contributed by atoms with Crippen molar-refractivity contribution in [3.8, 4) is 0 Å². The lowest BCUT2D eigenvalue weighted by molar-refractivity contribution is -0.168. The van der Waals surface area contributed by atoms with Crippen molar-refractivity contribution in [2.45, 2.75) is 45.1 Å². The van der Waals surface area contributed by atoms with Gasteiger partial charge in [-0.05, 0) is 44.4 Å². The maximum absolute atomic E-state index is 11.8. The van der Waals surface area contributed by atoms with E-state index < -0.39 is 0 Å². The summed E-state index contributed by atoms with van der Waals surface area (Å²) in [4.78, 5) is 14.4. The first-order valence-corrected chi connectivity index (χ1v) is 9.00. The number of benzene rings is 1. The highest BCUT2D eigenvalue weighted by Crippen LogP contribution is 2.51. The van der Waals surface area contributed by atoms with Gasteiger partial charge < -0.3 is 9.64 Å². The monoisotopic (exact) mass is 315 g/mol. The Morgan fingerprint density at radius 3 is 2.57 bits per heavy atom. The Bertz CT molecular complexity index is 555. The molecule has 2 fully saturated rings. The number of carbonyl (C=O) groups excluding carboxylic acids is 1. The molecule has 3 nitrogen and oxygen atoms in total. The van der Waals surface area contributed by atoms with Crippen molar-refractivity contribution in [3.05, 3.63) is 35.4 Å². The Morgan fingerprint density at radius 1 is 1.30 bits per heavy atom. The number of hydrogen-bond acceptors (Lipinski definition) is 3. The number of ether oxygens (including phenoxy) is 1. The zero-order chi connectivity index (χ0) is 16.4. The lowest BCUT2D eigenvalue weighted by Crippen LogP contribution is -2.59. The normalized spacial score (nSPS) is 31.1. The van der Waals surface area contributed by atoms with Crippen molar-refractivity contribution >= 4 is 5.78 Å². The molecular formula is C20H29NO2. The highest BCUT2D eigenvalue weighted by atomic mass is 16.5. The van der Waals surface area contributed by atoms with Gasteiger partial charge in [-0.25, -0.2) is 0 Å². The highest BCUT2D eigenvalue weighted by molar-refractivity contribution is 5.94. The molecule has 0 N–H and O–H groups in total. The second-order valence-corrected chi connectivity index (χ2v) is 7.22. The van der Waals surface area contributed by atoms with Crippen LogP contribution in [0, 0.1) is 11.8 Å². The quantitative estimate of drug-likeness (QED) is 0.773. The lowest BCUT2D eigenvalue weighted by Gasteiger charge is -2.55. The Kier molecular flexibility index (Phi) is 4.88. The van der Waals surface area contributed by atoms with Crippen LogP contribution in [-0.2, 0) is 10.3 Å². The minimum atomic E-state index is -0.214. The van der Waals surface area contributed by atoms with E-state index in [0.717, 1.165) is 18.7 Å². The van der Waals surface area contributed by atoms with Gasteiger partial charge in [0.25, 0.3) is 0 Å². The molecule has 2 aliphatic rings. The molecule has 23 heavy (non-hydrogen) atoms. The first kappa shape index (κ1) is 16.7. The van der Waals surface area contributed by atoms with Gasteiger partial charge in [0.15, 0.2) is 5.78 Å². The van der Waals surface area contributed by atoms with Gasteiger partial charge in [-0.2, -0.15) is 0 Å². The van der Waals surface area contributed by atoms with Gasteiger partial charge in [0, 0.05) is 37.6 Å². The molecule has 1 saturated carbocycles. The third-order valence-electron chi connectivity index (χ3n) is 5.87. The molecule has 2 bridgehead atoms. The molecule has 0 aromatic heterocycles. The summed E-state index contributed by atoms with van der Waals surface area (Å²) in [6.07, 6.45) is 4.94. The molecule has 1 aromatic carbocycles. The lowest BCUT2D eigenvalue weighted by atomic mass is 9.62. The van der Waals surface area contributed by atoms with E-state index in [9.17, 15) is 4.79 Å². The predicted octanol–water partition coefficient (Wildman–Crippen LogP) is 3.87. The van der Waals surface area contributed by atoms with E-state index in [4.69, 9.17) is 4.74 Å². The van der Waals surface area contributed by atoms with Gasteiger partial charge in [-0.15, -0.1) is 0 Å². The number of fused-ring (bicyclic) bond motifs is 2. The summed E-state index contributed by atoms with van der Waals surface area (Å²) in [6, 6.07) is 8.17. The molecule has 2 unspecified atom stereocenters. The number of piperidine rings is 1. The number of rotatable bonds is 5. The Morgan fingerprint density at radius 2 is 2.00 bits per heavy atom. The summed E-state index contributed by atoms with van der Waals surface area (Å²) in [6.45, 7) is 7.30. The molecular weight excluding hydrogens is 286 g/mol. The fourth-order valence-corrected chi connectivity index (χ4v) is 4.93. The third-order valence-corrected chi connectivity index (χ3v) is 5.87. The second kappa shape index (κ2) is 6.74. The van der Waals surface area contributed by atoms with Crippen molar-refractivity contribution in [1.29, 1.82) is 0 Å². The predicted molar refractivity (Wildman–Crippen MR) is 92.7 cm³/mol. The number of nitrogens with zero attached hydrogens (tertiary/aromatic N) is 1. The van der Waals surface area contributed by atoms with Crippen LogP contribution in [0.2, 0.25) is 0 Å². The van der Waals surface area contributed by atoms with Gasteiger partial charge in [0.1, 0.15) is 5.60 Å². The SMILES string of the molecule is CCCN1CC2CCCC(C1)C2(OC)c1cccc(C(C)=O)c1. The Labute approximate surface area is 140 Å². The standard InChI is InChI=1S/C20H29NO2/c1-4-11-21-13-18-9-6-10-19(14-21)20(18,23-3)17-8-5-7-16(12-17)15(2)22/h5,7-8,12,18-19H,4,6,9-11,13-14H2,1-3H3. The summed E-state index contributed by atoms with van der Waals surface area (Å²) in [5, 5.41) is 0. The van der Waals surface area contributed by atoms with E-state index in [1.807, 2.05) is 19.2 Å². The largest absolute Gasteiger partial charge is 0.373 e. The van der Waals surface area contributed by atoms with E-state index >= 15 is 0 Å². The Hall–Kier alpha value is -1.19. The number of methoxy groups -OCH3 is 1.